The molecule has 5 rings (SSSR count). The Hall–Kier alpha value is -3.20. The van der Waals surface area contributed by atoms with Crippen molar-refractivity contribution < 1.29 is 5.11 Å². The van der Waals surface area contributed by atoms with Crippen molar-refractivity contribution in [3.63, 3.8) is 0 Å². The van der Waals surface area contributed by atoms with E-state index in [1.165, 1.54) is 0 Å². The molecule has 150 valence electrons. The number of nitrogen functional groups attached to an aromatic ring is 1. The van der Waals surface area contributed by atoms with E-state index in [2.05, 4.69) is 25.5 Å². The standard InChI is InChI=1S/C20H24N8O/c1-2-20(29)8-3-13(4-9-20)23-19-25-18(21)17-14(6-11-28(17)26-19)15-7-12-27-16(24-15)5-10-22-27/h5-7,10-13,29H,2-4,8-9H2,1H3,(H3,21,23,25,26). The molecule has 4 heterocycles. The van der Waals surface area contributed by atoms with Crippen LogP contribution in [0.1, 0.15) is 39.0 Å². The minimum absolute atomic E-state index is 0.236. The maximum Gasteiger partial charge on any atom is 0.243 e. The van der Waals surface area contributed by atoms with Crippen molar-refractivity contribution in [1.82, 2.24) is 29.2 Å². The highest BCUT2D eigenvalue weighted by atomic mass is 16.3. The number of fused-ring (bicyclic) bond motifs is 2. The van der Waals surface area contributed by atoms with E-state index in [-0.39, 0.29) is 6.04 Å². The second-order valence-corrected chi connectivity index (χ2v) is 7.79. The third-order valence-corrected chi connectivity index (χ3v) is 5.98. The van der Waals surface area contributed by atoms with Crippen molar-refractivity contribution in [3.05, 3.63) is 36.8 Å². The number of nitrogens with one attached hydrogen (secondary N) is 1. The molecule has 1 aliphatic rings. The van der Waals surface area contributed by atoms with E-state index >= 15 is 0 Å². The van der Waals surface area contributed by atoms with E-state index in [1.807, 2.05) is 37.5 Å². The summed E-state index contributed by atoms with van der Waals surface area (Å²) in [6.45, 7) is 2.04. The van der Waals surface area contributed by atoms with Gasteiger partial charge in [-0.25, -0.2) is 14.0 Å². The summed E-state index contributed by atoms with van der Waals surface area (Å²) in [6, 6.07) is 5.94. The number of nitrogens with zero attached hydrogens (tertiary/aromatic N) is 6. The largest absolute Gasteiger partial charge is 0.390 e. The van der Waals surface area contributed by atoms with E-state index in [4.69, 9.17) is 5.73 Å². The van der Waals surface area contributed by atoms with Gasteiger partial charge in [0.15, 0.2) is 11.5 Å². The second-order valence-electron chi connectivity index (χ2n) is 7.79. The minimum atomic E-state index is -0.527. The Labute approximate surface area is 167 Å². The molecule has 29 heavy (non-hydrogen) atoms. The van der Waals surface area contributed by atoms with Crippen LogP contribution in [0.25, 0.3) is 22.4 Å². The zero-order chi connectivity index (χ0) is 20.0. The first-order valence-electron chi connectivity index (χ1n) is 9.99. The van der Waals surface area contributed by atoms with E-state index < -0.39 is 5.60 Å². The van der Waals surface area contributed by atoms with Gasteiger partial charge < -0.3 is 16.2 Å². The van der Waals surface area contributed by atoms with Gasteiger partial charge >= 0.3 is 0 Å². The van der Waals surface area contributed by atoms with Gasteiger partial charge in [0.25, 0.3) is 0 Å². The van der Waals surface area contributed by atoms with Crippen molar-refractivity contribution in [3.8, 4) is 11.3 Å². The first-order chi connectivity index (χ1) is 14.0. The number of rotatable bonds is 4. The lowest BCUT2D eigenvalue weighted by Crippen LogP contribution is -2.38. The Morgan fingerprint density at radius 2 is 1.97 bits per heavy atom. The predicted molar refractivity (Wildman–Crippen MR) is 110 cm³/mol. The summed E-state index contributed by atoms with van der Waals surface area (Å²) in [7, 11) is 0. The van der Waals surface area contributed by atoms with Gasteiger partial charge in [-0.15, -0.1) is 5.10 Å². The summed E-state index contributed by atoms with van der Waals surface area (Å²) in [5, 5.41) is 22.6. The molecule has 9 nitrogen and oxygen atoms in total. The molecular formula is C20H24N8O. The van der Waals surface area contributed by atoms with Crippen LogP contribution in [0.5, 0.6) is 0 Å². The van der Waals surface area contributed by atoms with Crippen LogP contribution in [-0.4, -0.2) is 45.9 Å². The third kappa shape index (κ3) is 3.17. The Bertz CT molecular complexity index is 1170. The van der Waals surface area contributed by atoms with Gasteiger partial charge in [-0.1, -0.05) is 6.92 Å². The van der Waals surface area contributed by atoms with E-state index in [0.29, 0.717) is 11.8 Å². The number of nitrogens with two attached hydrogens (primary N) is 1. The monoisotopic (exact) mass is 392 g/mol. The first-order valence-corrected chi connectivity index (χ1v) is 9.99. The molecule has 9 heteroatoms. The molecule has 0 radical (unpaired) electrons. The molecule has 0 aromatic carbocycles. The Morgan fingerprint density at radius 3 is 2.76 bits per heavy atom. The van der Waals surface area contributed by atoms with E-state index in [1.54, 1.807) is 15.2 Å². The molecule has 4 aromatic rings. The molecule has 0 aliphatic heterocycles. The summed E-state index contributed by atoms with van der Waals surface area (Å²) in [5.41, 5.74) is 8.95. The fourth-order valence-corrected chi connectivity index (χ4v) is 4.12. The lowest BCUT2D eigenvalue weighted by atomic mass is 9.80. The van der Waals surface area contributed by atoms with Gasteiger partial charge in [0, 0.05) is 30.1 Å². The molecular weight excluding hydrogens is 368 g/mol. The van der Waals surface area contributed by atoms with Crippen LogP contribution in [0.2, 0.25) is 0 Å². The Kier molecular flexibility index (Phi) is 4.13. The quantitative estimate of drug-likeness (QED) is 0.488. The first kappa shape index (κ1) is 17.9. The van der Waals surface area contributed by atoms with Crippen molar-refractivity contribution >= 4 is 22.9 Å². The predicted octanol–water partition coefficient (Wildman–Crippen LogP) is 2.52. The number of aliphatic hydroxyl groups is 1. The molecule has 0 unspecified atom stereocenters. The Morgan fingerprint density at radius 1 is 1.17 bits per heavy atom. The van der Waals surface area contributed by atoms with Crippen LogP contribution in [-0.2, 0) is 0 Å². The van der Waals surface area contributed by atoms with E-state index in [9.17, 15) is 5.11 Å². The van der Waals surface area contributed by atoms with Crippen LogP contribution < -0.4 is 11.1 Å². The maximum atomic E-state index is 10.4. The number of anilines is 2. The van der Waals surface area contributed by atoms with Crippen LogP contribution in [0.15, 0.2) is 36.8 Å². The van der Waals surface area contributed by atoms with Gasteiger partial charge in [-0.3, -0.25) is 0 Å². The lowest BCUT2D eigenvalue weighted by Gasteiger charge is -2.35. The molecule has 0 amide bonds. The molecule has 1 fully saturated rings. The molecule has 0 spiro atoms. The molecule has 0 bridgehead atoms. The maximum absolute atomic E-state index is 10.4. The molecule has 4 aromatic heterocycles. The fourth-order valence-electron chi connectivity index (χ4n) is 4.12. The Balaban J connectivity index is 1.43. The zero-order valence-electron chi connectivity index (χ0n) is 16.3. The van der Waals surface area contributed by atoms with Crippen LogP contribution in [0.3, 0.4) is 0 Å². The molecule has 0 atom stereocenters. The van der Waals surface area contributed by atoms with Gasteiger partial charge in [0.05, 0.1) is 17.5 Å². The van der Waals surface area contributed by atoms with Gasteiger partial charge in [-0.2, -0.15) is 10.1 Å². The smallest absolute Gasteiger partial charge is 0.243 e. The zero-order valence-corrected chi connectivity index (χ0v) is 16.3. The lowest BCUT2D eigenvalue weighted by molar-refractivity contribution is -0.00198. The van der Waals surface area contributed by atoms with Crippen molar-refractivity contribution in [2.24, 2.45) is 0 Å². The highest BCUT2D eigenvalue weighted by molar-refractivity contribution is 5.86. The van der Waals surface area contributed by atoms with Gasteiger partial charge in [0.1, 0.15) is 5.52 Å². The SMILES string of the molecule is CCC1(O)CCC(Nc2nc(N)c3c(-c4ccn5nccc5n4)ccn3n2)CC1. The third-order valence-electron chi connectivity index (χ3n) is 5.98. The van der Waals surface area contributed by atoms with Crippen molar-refractivity contribution in [2.75, 3.05) is 11.1 Å². The molecule has 0 saturated heterocycles. The number of aromatic nitrogens is 6. The topological polar surface area (TPSA) is 119 Å². The van der Waals surface area contributed by atoms with Crippen molar-refractivity contribution in [1.29, 1.82) is 0 Å². The van der Waals surface area contributed by atoms with Crippen molar-refractivity contribution in [2.45, 2.75) is 50.7 Å². The summed E-state index contributed by atoms with van der Waals surface area (Å²) < 4.78 is 3.46. The average Bonchev–Trinajstić information content (AvgIpc) is 3.36. The summed E-state index contributed by atoms with van der Waals surface area (Å²) in [6.07, 6.45) is 9.59. The molecule has 4 N–H and O–H groups in total. The fraction of sp³-hybridized carbons (Fsp3) is 0.400. The highest BCUT2D eigenvalue weighted by Crippen LogP contribution is 2.32. The minimum Gasteiger partial charge on any atom is -0.390 e. The molecule has 1 saturated carbocycles. The van der Waals surface area contributed by atoms with Gasteiger partial charge in [-0.05, 0) is 44.2 Å². The number of hydrogen-bond acceptors (Lipinski definition) is 7. The summed E-state index contributed by atoms with van der Waals surface area (Å²) >= 11 is 0. The summed E-state index contributed by atoms with van der Waals surface area (Å²) in [4.78, 5) is 9.13. The van der Waals surface area contributed by atoms with E-state index in [0.717, 1.165) is 54.5 Å². The second kappa shape index (κ2) is 6.70. The normalized spacial score (nSPS) is 22.3. The molecule has 1 aliphatic carbocycles. The average molecular weight is 392 g/mol. The van der Waals surface area contributed by atoms with Crippen LogP contribution >= 0.6 is 0 Å². The highest BCUT2D eigenvalue weighted by Gasteiger charge is 2.31. The van der Waals surface area contributed by atoms with Crippen LogP contribution in [0, 0.1) is 0 Å². The van der Waals surface area contributed by atoms with Crippen LogP contribution in [0.4, 0.5) is 11.8 Å². The van der Waals surface area contributed by atoms with Gasteiger partial charge in [0.2, 0.25) is 5.95 Å². The summed E-state index contributed by atoms with van der Waals surface area (Å²) in [5.74, 6) is 0.904. The number of hydrogen-bond donors (Lipinski definition) is 3.